The number of hydrogen-bond donors (Lipinski definition) is 0. The van der Waals surface area contributed by atoms with Gasteiger partial charge in [0.05, 0.1) is 14.8 Å². The second-order valence-electron chi connectivity index (χ2n) is 7.70. The van der Waals surface area contributed by atoms with Crippen LogP contribution in [-0.2, 0) is 10.0 Å². The van der Waals surface area contributed by atoms with Crippen LogP contribution in [0.5, 0.6) is 5.75 Å². The fourth-order valence-corrected chi connectivity index (χ4v) is 6.07. The summed E-state index contributed by atoms with van der Waals surface area (Å²) in [6.07, 6.45) is 0.861. The van der Waals surface area contributed by atoms with Gasteiger partial charge in [-0.25, -0.2) is 12.7 Å². The molecule has 178 valence electrons. The van der Waals surface area contributed by atoms with Crippen molar-refractivity contribution in [2.45, 2.75) is 17.2 Å². The average molecular weight is 532 g/mol. The molecule has 2 aliphatic rings. The number of nitro groups is 1. The van der Waals surface area contributed by atoms with E-state index < -0.39 is 33.1 Å². The van der Waals surface area contributed by atoms with Crippen molar-refractivity contribution in [3.63, 3.8) is 0 Å². The zero-order valence-electron chi connectivity index (χ0n) is 17.6. The highest BCUT2D eigenvalue weighted by molar-refractivity contribution is 7.89. The maximum Gasteiger partial charge on any atom is 0.269 e. The molecule has 0 saturated carbocycles. The number of carbonyl (C=O) groups is 1. The first-order valence-corrected chi connectivity index (χ1v) is 12.4. The van der Waals surface area contributed by atoms with E-state index in [1.165, 1.54) is 65.7 Å². The molecule has 0 aromatic heterocycles. The molecule has 3 aromatic carbocycles. The summed E-state index contributed by atoms with van der Waals surface area (Å²) in [7, 11) is -4.09. The van der Waals surface area contributed by atoms with Crippen molar-refractivity contribution in [2.24, 2.45) is 0 Å². The number of ether oxygens (including phenoxy) is 1. The topological polar surface area (TPSA) is 110 Å². The van der Waals surface area contributed by atoms with Crippen LogP contribution in [0, 0.1) is 10.1 Å². The maximum absolute atomic E-state index is 13.8. The molecule has 0 radical (unpaired) electrons. The van der Waals surface area contributed by atoms with Gasteiger partial charge in [-0.1, -0.05) is 41.4 Å². The van der Waals surface area contributed by atoms with Crippen LogP contribution in [0.15, 0.2) is 83.9 Å². The maximum atomic E-state index is 13.8. The molecule has 0 bridgehead atoms. The molecule has 1 amide bonds. The van der Waals surface area contributed by atoms with Crippen LogP contribution in [0.3, 0.4) is 0 Å². The molecule has 0 N–H and O–H groups in total. The van der Waals surface area contributed by atoms with Gasteiger partial charge in [-0.2, -0.15) is 0 Å². The normalized spacial score (nSPS) is 18.6. The minimum absolute atomic E-state index is 0.0287. The lowest BCUT2D eigenvalue weighted by Crippen LogP contribution is -2.57. The lowest BCUT2D eigenvalue weighted by Gasteiger charge is -2.42. The Morgan fingerprint density at radius 2 is 1.71 bits per heavy atom. The van der Waals surface area contributed by atoms with E-state index in [4.69, 9.17) is 27.9 Å². The molecule has 0 aliphatic carbocycles. The number of amides is 1. The van der Waals surface area contributed by atoms with Gasteiger partial charge in [0.25, 0.3) is 21.6 Å². The number of anilines is 1. The zero-order chi connectivity index (χ0) is 24.9. The summed E-state index contributed by atoms with van der Waals surface area (Å²) in [4.78, 5) is 25.5. The number of hydrogen-bond acceptors (Lipinski definition) is 6. The number of non-ortho nitro benzene ring substituents is 1. The molecule has 3 aromatic rings. The van der Waals surface area contributed by atoms with Crippen molar-refractivity contribution in [1.29, 1.82) is 0 Å². The summed E-state index contributed by atoms with van der Waals surface area (Å²) in [6.45, 7) is 0. The quantitative estimate of drug-likeness (QED) is 0.351. The van der Waals surface area contributed by atoms with E-state index in [1.54, 1.807) is 18.2 Å². The Labute approximate surface area is 209 Å². The Bertz CT molecular complexity index is 1480. The van der Waals surface area contributed by atoms with E-state index >= 15 is 0 Å². The van der Waals surface area contributed by atoms with Gasteiger partial charge in [-0.05, 0) is 36.4 Å². The second-order valence-corrected chi connectivity index (χ2v) is 10.4. The summed E-state index contributed by atoms with van der Waals surface area (Å²) < 4.78 is 34.1. The number of sulfonamides is 1. The molecular formula is C23H15Cl2N3O6S. The van der Waals surface area contributed by atoms with Gasteiger partial charge in [-0.15, -0.1) is 0 Å². The Kier molecular flexibility index (Phi) is 5.66. The molecule has 12 heteroatoms. The van der Waals surface area contributed by atoms with Crippen molar-refractivity contribution in [1.82, 2.24) is 4.31 Å². The predicted molar refractivity (Wildman–Crippen MR) is 129 cm³/mol. The monoisotopic (exact) mass is 531 g/mol. The fraction of sp³-hybridized carbons (Fsp3) is 0.0870. The van der Waals surface area contributed by atoms with Gasteiger partial charge in [0.1, 0.15) is 11.4 Å². The lowest BCUT2D eigenvalue weighted by atomic mass is 10.1. The Morgan fingerprint density at radius 1 is 1.03 bits per heavy atom. The van der Waals surface area contributed by atoms with Crippen LogP contribution in [0.4, 0.5) is 11.4 Å². The minimum Gasteiger partial charge on any atom is -0.480 e. The first-order chi connectivity index (χ1) is 16.7. The zero-order valence-corrected chi connectivity index (χ0v) is 19.9. The third-order valence-electron chi connectivity index (χ3n) is 5.60. The van der Waals surface area contributed by atoms with Gasteiger partial charge in [-0.3, -0.25) is 19.8 Å². The number of carbonyl (C=O) groups excluding carboxylic acids is 1. The predicted octanol–water partition coefficient (Wildman–Crippen LogP) is 4.85. The molecule has 0 saturated heterocycles. The van der Waals surface area contributed by atoms with E-state index in [2.05, 4.69) is 0 Å². The Balaban J connectivity index is 1.65. The van der Waals surface area contributed by atoms with E-state index in [-0.39, 0.29) is 37.6 Å². The van der Waals surface area contributed by atoms with Crippen LogP contribution < -0.4 is 9.64 Å². The number of nitro benzene ring substituents is 1. The molecule has 0 fully saturated rings. The van der Waals surface area contributed by atoms with Crippen molar-refractivity contribution in [3.05, 3.63) is 105 Å². The molecule has 5 rings (SSSR count). The van der Waals surface area contributed by atoms with Crippen LogP contribution in [-0.4, -0.2) is 35.8 Å². The third kappa shape index (κ3) is 3.89. The number of halogens is 2. The van der Waals surface area contributed by atoms with E-state index in [9.17, 15) is 23.3 Å². The first kappa shape index (κ1) is 23.2. The fourth-order valence-electron chi connectivity index (χ4n) is 4.03. The highest BCUT2D eigenvalue weighted by Gasteiger charge is 2.49. The smallest absolute Gasteiger partial charge is 0.269 e. The summed E-state index contributed by atoms with van der Waals surface area (Å²) in [5.74, 6) is -0.428. The Hall–Kier alpha value is -3.60. The largest absolute Gasteiger partial charge is 0.480 e. The first-order valence-electron chi connectivity index (χ1n) is 10.2. The van der Waals surface area contributed by atoms with Gasteiger partial charge >= 0.3 is 0 Å². The van der Waals surface area contributed by atoms with E-state index in [0.29, 0.717) is 0 Å². The lowest BCUT2D eigenvalue weighted by molar-refractivity contribution is -0.384. The van der Waals surface area contributed by atoms with E-state index in [0.717, 1.165) is 4.31 Å². The van der Waals surface area contributed by atoms with Crippen molar-refractivity contribution in [3.8, 4) is 5.75 Å². The highest BCUT2D eigenvalue weighted by Crippen LogP contribution is 2.47. The molecule has 2 unspecified atom stereocenters. The summed E-state index contributed by atoms with van der Waals surface area (Å²) in [6, 6.07) is 15.7. The standard InChI is InChI=1S/C23H15Cl2N3O6S/c24-15-12-18(25)21-20(13-15)34-19-10-11-26(35(32,33)17-4-2-1-3-5-17)22(19)27(21)23(29)14-6-8-16(9-7-14)28(30)31/h1-13,19,22H. The van der Waals surface area contributed by atoms with Gasteiger partial charge < -0.3 is 4.74 Å². The van der Waals surface area contributed by atoms with Crippen molar-refractivity contribution in [2.75, 3.05) is 4.90 Å². The average Bonchev–Trinajstić information content (AvgIpc) is 3.27. The SMILES string of the molecule is O=C(c1ccc([N+](=O)[O-])cc1)N1c2c(Cl)cc(Cl)cc2OC2C=CN(S(=O)(=O)c3ccccc3)C21. The molecule has 0 spiro atoms. The van der Waals surface area contributed by atoms with Crippen LogP contribution in [0.25, 0.3) is 0 Å². The molecular weight excluding hydrogens is 517 g/mol. The number of nitrogens with zero attached hydrogens (tertiary/aromatic N) is 3. The van der Waals surface area contributed by atoms with E-state index in [1.807, 2.05) is 0 Å². The van der Waals surface area contributed by atoms with Crippen molar-refractivity contribution >= 4 is 50.5 Å². The van der Waals surface area contributed by atoms with Gasteiger partial charge in [0.2, 0.25) is 0 Å². The minimum atomic E-state index is -4.09. The number of fused-ring (bicyclic) bond motifs is 2. The van der Waals surface area contributed by atoms with Crippen LogP contribution in [0.1, 0.15) is 10.4 Å². The molecule has 2 atom stereocenters. The van der Waals surface area contributed by atoms with Crippen LogP contribution in [0.2, 0.25) is 10.0 Å². The highest BCUT2D eigenvalue weighted by atomic mass is 35.5. The summed E-state index contributed by atoms with van der Waals surface area (Å²) >= 11 is 12.6. The molecule has 2 heterocycles. The third-order valence-corrected chi connectivity index (χ3v) is 7.87. The Morgan fingerprint density at radius 3 is 2.37 bits per heavy atom. The van der Waals surface area contributed by atoms with Crippen LogP contribution >= 0.6 is 23.2 Å². The molecule has 35 heavy (non-hydrogen) atoms. The van der Waals surface area contributed by atoms with Crippen molar-refractivity contribution < 1.29 is 22.9 Å². The van der Waals surface area contributed by atoms with Gasteiger partial charge in [0.15, 0.2) is 12.3 Å². The van der Waals surface area contributed by atoms with Gasteiger partial charge in [0, 0.05) is 35.0 Å². The second kappa shape index (κ2) is 8.56. The molecule has 9 nitrogen and oxygen atoms in total. The number of benzene rings is 3. The summed E-state index contributed by atoms with van der Waals surface area (Å²) in [5.41, 5.74) is 0.0391. The molecule has 2 aliphatic heterocycles. The summed E-state index contributed by atoms with van der Waals surface area (Å²) in [5, 5.41) is 11.4. The number of rotatable bonds is 4.